The van der Waals surface area contributed by atoms with Crippen molar-refractivity contribution < 1.29 is 0 Å². The van der Waals surface area contributed by atoms with E-state index < -0.39 is 0 Å². The maximum absolute atomic E-state index is 2.47. The molecule has 0 N–H and O–H groups in total. The van der Waals surface area contributed by atoms with Crippen molar-refractivity contribution in [2.24, 2.45) is 0 Å². The number of hydrogen-bond donors (Lipinski definition) is 0. The van der Waals surface area contributed by atoms with Gasteiger partial charge in [0.15, 0.2) is 0 Å². The summed E-state index contributed by atoms with van der Waals surface area (Å²) in [6, 6.07) is 25.1. The Kier molecular flexibility index (Phi) is 2.45. The Labute approximate surface area is 154 Å². The highest BCUT2D eigenvalue weighted by Crippen LogP contribution is 2.57. The van der Waals surface area contributed by atoms with Crippen LogP contribution in [0.5, 0.6) is 0 Å². The van der Waals surface area contributed by atoms with Gasteiger partial charge in [-0.1, -0.05) is 80.1 Å². The van der Waals surface area contributed by atoms with Gasteiger partial charge in [-0.2, -0.15) is 0 Å². The molecule has 0 fully saturated rings. The zero-order valence-corrected chi connectivity index (χ0v) is 15.4. The van der Waals surface area contributed by atoms with Crippen LogP contribution in [0.4, 0.5) is 0 Å². The molecule has 0 nitrogen and oxygen atoms in total. The molecule has 0 amide bonds. The van der Waals surface area contributed by atoms with Crippen molar-refractivity contribution in [2.75, 3.05) is 0 Å². The van der Waals surface area contributed by atoms with Crippen molar-refractivity contribution in [1.82, 2.24) is 0 Å². The summed E-state index contributed by atoms with van der Waals surface area (Å²) in [5.74, 6) is 0. The topological polar surface area (TPSA) is 0 Å². The largest absolute Gasteiger partial charge is 0.0616 e. The third-order valence-corrected chi connectivity index (χ3v) is 6.46. The first-order chi connectivity index (χ1) is 12.6. The molecular formula is C26H20. The van der Waals surface area contributed by atoms with Crippen molar-refractivity contribution in [3.05, 3.63) is 83.4 Å². The summed E-state index contributed by atoms with van der Waals surface area (Å²) in [6.45, 7) is 6.95. The average Bonchev–Trinajstić information content (AvgIpc) is 3.08. The van der Waals surface area contributed by atoms with Gasteiger partial charge in [0.25, 0.3) is 0 Å². The third kappa shape index (κ3) is 1.52. The van der Waals surface area contributed by atoms with E-state index in [1.165, 1.54) is 60.8 Å². The lowest BCUT2D eigenvalue weighted by molar-refractivity contribution is 0.660. The molecule has 124 valence electrons. The summed E-state index contributed by atoms with van der Waals surface area (Å²) in [5.41, 5.74) is 12.7. The minimum atomic E-state index is 0.0366. The average molecular weight is 332 g/mol. The molecule has 6 rings (SSSR count). The van der Waals surface area contributed by atoms with Crippen LogP contribution in [0.3, 0.4) is 0 Å². The van der Waals surface area contributed by atoms with Gasteiger partial charge in [0.05, 0.1) is 0 Å². The smallest absolute Gasteiger partial charge is 0.0159 e. The first kappa shape index (κ1) is 14.3. The van der Waals surface area contributed by atoms with Gasteiger partial charge in [-0.15, -0.1) is 0 Å². The first-order valence-corrected chi connectivity index (χ1v) is 9.39. The van der Waals surface area contributed by atoms with Gasteiger partial charge in [0, 0.05) is 5.41 Å². The van der Waals surface area contributed by atoms with Crippen molar-refractivity contribution in [3.63, 3.8) is 0 Å². The molecule has 0 saturated heterocycles. The van der Waals surface area contributed by atoms with Crippen molar-refractivity contribution >= 4 is 10.8 Å². The van der Waals surface area contributed by atoms with Crippen molar-refractivity contribution in [2.45, 2.75) is 26.2 Å². The van der Waals surface area contributed by atoms with Crippen LogP contribution in [0.25, 0.3) is 44.2 Å². The van der Waals surface area contributed by atoms with E-state index in [0.29, 0.717) is 0 Å². The zero-order chi connectivity index (χ0) is 17.6. The van der Waals surface area contributed by atoms with Gasteiger partial charge >= 0.3 is 0 Å². The standard InChI is InChI=1S/C26H20/c1-15-11-12-19-22(13-15)26(2,3)23-14-21-17-8-5-4-7-16(17)18-9-6-10-20(24(18)21)25(19)23/h4-14H,1-3H3. The predicted octanol–water partition coefficient (Wildman–Crippen LogP) is 7.10. The molecule has 0 spiro atoms. The maximum Gasteiger partial charge on any atom is 0.0159 e. The monoisotopic (exact) mass is 332 g/mol. The second-order valence-electron chi connectivity index (χ2n) is 8.29. The highest BCUT2D eigenvalue weighted by atomic mass is 14.4. The maximum atomic E-state index is 2.47. The summed E-state index contributed by atoms with van der Waals surface area (Å²) >= 11 is 0. The van der Waals surface area contributed by atoms with Crippen LogP contribution in [-0.4, -0.2) is 0 Å². The van der Waals surface area contributed by atoms with E-state index in [4.69, 9.17) is 0 Å². The Hall–Kier alpha value is -2.86. The number of rotatable bonds is 0. The van der Waals surface area contributed by atoms with Crippen LogP contribution in [0.1, 0.15) is 30.5 Å². The van der Waals surface area contributed by atoms with E-state index >= 15 is 0 Å². The normalized spacial score (nSPS) is 15.0. The molecule has 0 heterocycles. The van der Waals surface area contributed by atoms with Gasteiger partial charge < -0.3 is 0 Å². The lowest BCUT2D eigenvalue weighted by atomic mass is 9.80. The van der Waals surface area contributed by atoms with E-state index in [-0.39, 0.29) is 5.41 Å². The second kappa shape index (κ2) is 4.45. The number of aryl methyl sites for hydroxylation is 1. The fourth-order valence-electron chi connectivity index (χ4n) is 5.20. The number of benzene rings is 4. The Morgan fingerprint density at radius 1 is 0.615 bits per heavy atom. The molecule has 0 aliphatic heterocycles. The molecule has 0 radical (unpaired) electrons. The van der Waals surface area contributed by atoms with Crippen LogP contribution >= 0.6 is 0 Å². The number of hydrogen-bond acceptors (Lipinski definition) is 0. The lowest BCUT2D eigenvalue weighted by Gasteiger charge is -2.22. The molecule has 0 heteroatoms. The van der Waals surface area contributed by atoms with E-state index in [1.54, 1.807) is 0 Å². The van der Waals surface area contributed by atoms with Crippen LogP contribution in [-0.2, 0) is 5.41 Å². The molecule has 0 aromatic heterocycles. The van der Waals surface area contributed by atoms with Gasteiger partial charge in [-0.25, -0.2) is 0 Å². The molecule has 26 heavy (non-hydrogen) atoms. The van der Waals surface area contributed by atoms with Crippen LogP contribution in [0.2, 0.25) is 0 Å². The minimum Gasteiger partial charge on any atom is -0.0616 e. The van der Waals surface area contributed by atoms with Gasteiger partial charge in [-0.3, -0.25) is 0 Å². The quantitative estimate of drug-likeness (QED) is 0.284. The van der Waals surface area contributed by atoms with E-state index in [9.17, 15) is 0 Å². The van der Waals surface area contributed by atoms with E-state index in [0.717, 1.165) is 0 Å². The van der Waals surface area contributed by atoms with Gasteiger partial charge in [0.2, 0.25) is 0 Å². The van der Waals surface area contributed by atoms with Crippen molar-refractivity contribution in [1.29, 1.82) is 0 Å². The van der Waals surface area contributed by atoms with Crippen molar-refractivity contribution in [3.8, 4) is 33.4 Å². The van der Waals surface area contributed by atoms with Crippen LogP contribution in [0, 0.1) is 6.92 Å². The van der Waals surface area contributed by atoms with E-state index in [1.807, 2.05) is 0 Å². The highest BCUT2D eigenvalue weighted by molar-refractivity contribution is 6.20. The fourth-order valence-corrected chi connectivity index (χ4v) is 5.20. The summed E-state index contributed by atoms with van der Waals surface area (Å²) in [7, 11) is 0. The summed E-state index contributed by atoms with van der Waals surface area (Å²) in [6.07, 6.45) is 0. The molecule has 2 aliphatic rings. The van der Waals surface area contributed by atoms with Crippen LogP contribution < -0.4 is 0 Å². The Bertz CT molecular complexity index is 1250. The Morgan fingerprint density at radius 3 is 2.15 bits per heavy atom. The molecule has 0 unspecified atom stereocenters. The molecule has 0 saturated carbocycles. The molecule has 0 atom stereocenters. The molecule has 0 bridgehead atoms. The fraction of sp³-hybridized carbons (Fsp3) is 0.154. The molecule has 2 aliphatic carbocycles. The molecule has 4 aromatic carbocycles. The lowest BCUT2D eigenvalue weighted by Crippen LogP contribution is -2.15. The molecule has 4 aromatic rings. The first-order valence-electron chi connectivity index (χ1n) is 9.39. The Balaban J connectivity index is 1.84. The second-order valence-corrected chi connectivity index (χ2v) is 8.29. The van der Waals surface area contributed by atoms with E-state index in [2.05, 4.69) is 87.5 Å². The Morgan fingerprint density at radius 2 is 1.35 bits per heavy atom. The number of fused-ring (bicyclic) bond motifs is 7. The molecular weight excluding hydrogens is 312 g/mol. The SMILES string of the molecule is Cc1ccc2c(c1)C(C)(C)c1cc3c4c(cccc4c1-2)-c1ccccc1-3. The van der Waals surface area contributed by atoms with Gasteiger partial charge in [-0.05, 0) is 68.3 Å². The summed E-state index contributed by atoms with van der Waals surface area (Å²) in [4.78, 5) is 0. The predicted molar refractivity (Wildman–Crippen MR) is 111 cm³/mol. The summed E-state index contributed by atoms with van der Waals surface area (Å²) in [5, 5.41) is 2.83. The summed E-state index contributed by atoms with van der Waals surface area (Å²) < 4.78 is 0. The highest BCUT2D eigenvalue weighted by Gasteiger charge is 2.38. The van der Waals surface area contributed by atoms with Crippen LogP contribution in [0.15, 0.2) is 66.7 Å². The third-order valence-electron chi connectivity index (χ3n) is 6.46. The zero-order valence-electron chi connectivity index (χ0n) is 15.4. The minimum absolute atomic E-state index is 0.0366. The van der Waals surface area contributed by atoms with Gasteiger partial charge in [0.1, 0.15) is 0 Å².